The van der Waals surface area contributed by atoms with E-state index in [0.717, 1.165) is 12.0 Å². The lowest BCUT2D eigenvalue weighted by atomic mass is 9.69. The molecule has 0 saturated heterocycles. The van der Waals surface area contributed by atoms with Crippen LogP contribution in [0.5, 0.6) is 0 Å². The summed E-state index contributed by atoms with van der Waals surface area (Å²) in [6.45, 7) is 8.76. The third kappa shape index (κ3) is 2.37. The SMILES string of the molecule is CC1=C(C(O)c2ccccc2C)C(C)(C)CCC1. The Balaban J connectivity index is 2.45. The molecule has 2 rings (SSSR count). The van der Waals surface area contributed by atoms with Crippen molar-refractivity contribution in [2.75, 3.05) is 0 Å². The fourth-order valence-corrected chi connectivity index (χ4v) is 3.30. The average molecular weight is 244 g/mol. The molecule has 1 heteroatoms. The molecular weight excluding hydrogens is 220 g/mol. The molecule has 1 aliphatic rings. The molecule has 0 bridgehead atoms. The Kier molecular flexibility index (Phi) is 3.63. The fourth-order valence-electron chi connectivity index (χ4n) is 3.30. The van der Waals surface area contributed by atoms with Gasteiger partial charge in [-0.3, -0.25) is 0 Å². The lowest BCUT2D eigenvalue weighted by molar-refractivity contribution is 0.170. The molecule has 0 heterocycles. The van der Waals surface area contributed by atoms with Crippen LogP contribution < -0.4 is 0 Å². The van der Waals surface area contributed by atoms with E-state index in [-0.39, 0.29) is 5.41 Å². The Morgan fingerprint density at radius 2 is 1.83 bits per heavy atom. The molecule has 98 valence electrons. The van der Waals surface area contributed by atoms with Gasteiger partial charge in [-0.2, -0.15) is 0 Å². The number of hydrogen-bond donors (Lipinski definition) is 1. The van der Waals surface area contributed by atoms with Crippen molar-refractivity contribution in [1.29, 1.82) is 0 Å². The van der Waals surface area contributed by atoms with Crippen LogP contribution in [0, 0.1) is 12.3 Å². The van der Waals surface area contributed by atoms with Crippen LogP contribution in [0.4, 0.5) is 0 Å². The molecule has 18 heavy (non-hydrogen) atoms. The van der Waals surface area contributed by atoms with Crippen LogP contribution in [0.15, 0.2) is 35.4 Å². The highest BCUT2D eigenvalue weighted by molar-refractivity contribution is 5.37. The quantitative estimate of drug-likeness (QED) is 0.756. The average Bonchev–Trinajstić information content (AvgIpc) is 2.28. The maximum atomic E-state index is 10.8. The molecule has 0 fully saturated rings. The summed E-state index contributed by atoms with van der Waals surface area (Å²) in [5.74, 6) is 0. The third-order valence-corrected chi connectivity index (χ3v) is 4.30. The Morgan fingerprint density at radius 3 is 2.44 bits per heavy atom. The van der Waals surface area contributed by atoms with E-state index in [1.54, 1.807) is 0 Å². The van der Waals surface area contributed by atoms with Crippen molar-refractivity contribution in [2.45, 2.75) is 53.1 Å². The zero-order valence-electron chi connectivity index (χ0n) is 12.0. The van der Waals surface area contributed by atoms with Crippen molar-refractivity contribution in [3.63, 3.8) is 0 Å². The summed E-state index contributed by atoms with van der Waals surface area (Å²) in [5.41, 5.74) is 4.96. The second kappa shape index (κ2) is 4.89. The van der Waals surface area contributed by atoms with E-state index in [1.807, 2.05) is 18.2 Å². The summed E-state index contributed by atoms with van der Waals surface area (Å²) in [6, 6.07) is 8.16. The highest BCUT2D eigenvalue weighted by Gasteiger charge is 2.33. The summed E-state index contributed by atoms with van der Waals surface area (Å²) in [6.07, 6.45) is 3.09. The van der Waals surface area contributed by atoms with Gasteiger partial charge in [-0.15, -0.1) is 0 Å². The minimum Gasteiger partial charge on any atom is -0.384 e. The van der Waals surface area contributed by atoms with E-state index in [2.05, 4.69) is 33.8 Å². The molecule has 1 atom stereocenters. The van der Waals surface area contributed by atoms with E-state index in [4.69, 9.17) is 0 Å². The van der Waals surface area contributed by atoms with Gasteiger partial charge in [-0.05, 0) is 55.2 Å². The van der Waals surface area contributed by atoms with Crippen LogP contribution in [0.25, 0.3) is 0 Å². The van der Waals surface area contributed by atoms with E-state index in [0.29, 0.717) is 0 Å². The first-order chi connectivity index (χ1) is 8.43. The number of aryl methyl sites for hydroxylation is 1. The molecule has 1 aromatic carbocycles. The first-order valence-corrected chi connectivity index (χ1v) is 6.87. The van der Waals surface area contributed by atoms with Gasteiger partial charge in [0.15, 0.2) is 0 Å². The fraction of sp³-hybridized carbons (Fsp3) is 0.529. The number of rotatable bonds is 2. The van der Waals surface area contributed by atoms with Crippen molar-refractivity contribution < 1.29 is 5.11 Å². The van der Waals surface area contributed by atoms with E-state index >= 15 is 0 Å². The second-order valence-corrected chi connectivity index (χ2v) is 6.19. The smallest absolute Gasteiger partial charge is 0.101 e. The van der Waals surface area contributed by atoms with Gasteiger partial charge in [0.05, 0.1) is 0 Å². The predicted molar refractivity (Wildman–Crippen MR) is 76.5 cm³/mol. The molecule has 0 aromatic heterocycles. The minimum absolute atomic E-state index is 0.115. The zero-order valence-corrected chi connectivity index (χ0v) is 12.0. The Bertz CT molecular complexity index is 468. The van der Waals surface area contributed by atoms with Crippen molar-refractivity contribution >= 4 is 0 Å². The first kappa shape index (κ1) is 13.4. The largest absolute Gasteiger partial charge is 0.384 e. The summed E-state index contributed by atoms with van der Waals surface area (Å²) >= 11 is 0. The standard InChI is InChI=1S/C17H24O/c1-12-8-5-6-10-14(12)16(18)15-13(2)9-7-11-17(15,3)4/h5-6,8,10,16,18H,7,9,11H2,1-4H3. The van der Waals surface area contributed by atoms with Crippen molar-refractivity contribution in [2.24, 2.45) is 5.41 Å². The van der Waals surface area contributed by atoms with Crippen LogP contribution in [-0.4, -0.2) is 5.11 Å². The van der Waals surface area contributed by atoms with E-state index in [9.17, 15) is 5.11 Å². The van der Waals surface area contributed by atoms with Gasteiger partial charge in [0, 0.05) is 0 Å². The summed E-state index contributed by atoms with van der Waals surface area (Å²) in [4.78, 5) is 0. The molecule has 0 aliphatic heterocycles. The van der Waals surface area contributed by atoms with Crippen molar-refractivity contribution in [3.8, 4) is 0 Å². The van der Waals surface area contributed by atoms with Crippen LogP contribution in [0.3, 0.4) is 0 Å². The number of benzene rings is 1. The number of aliphatic hydroxyl groups is 1. The third-order valence-electron chi connectivity index (χ3n) is 4.30. The lowest BCUT2D eigenvalue weighted by Crippen LogP contribution is -2.25. The van der Waals surface area contributed by atoms with Crippen LogP contribution in [0.2, 0.25) is 0 Å². The minimum atomic E-state index is -0.443. The molecule has 0 saturated carbocycles. The van der Waals surface area contributed by atoms with Crippen molar-refractivity contribution in [1.82, 2.24) is 0 Å². The van der Waals surface area contributed by atoms with Gasteiger partial charge in [-0.25, -0.2) is 0 Å². The van der Waals surface area contributed by atoms with Crippen LogP contribution in [-0.2, 0) is 0 Å². The molecule has 1 nitrogen and oxygen atoms in total. The number of allylic oxidation sites excluding steroid dienone is 1. The van der Waals surface area contributed by atoms with Gasteiger partial charge < -0.3 is 5.11 Å². The number of aliphatic hydroxyl groups excluding tert-OH is 1. The van der Waals surface area contributed by atoms with Gasteiger partial charge in [0.25, 0.3) is 0 Å². The van der Waals surface area contributed by atoms with Gasteiger partial charge in [0.1, 0.15) is 6.10 Å². The predicted octanol–water partition coefficient (Wildman–Crippen LogP) is 4.56. The van der Waals surface area contributed by atoms with E-state index < -0.39 is 6.10 Å². The Morgan fingerprint density at radius 1 is 1.17 bits per heavy atom. The highest BCUT2D eigenvalue weighted by atomic mass is 16.3. The number of hydrogen-bond acceptors (Lipinski definition) is 1. The van der Waals surface area contributed by atoms with Crippen LogP contribution >= 0.6 is 0 Å². The topological polar surface area (TPSA) is 20.2 Å². The van der Waals surface area contributed by atoms with E-state index in [1.165, 1.54) is 29.6 Å². The van der Waals surface area contributed by atoms with Gasteiger partial charge in [0.2, 0.25) is 0 Å². The molecule has 1 N–H and O–H groups in total. The first-order valence-electron chi connectivity index (χ1n) is 6.87. The van der Waals surface area contributed by atoms with Gasteiger partial charge >= 0.3 is 0 Å². The Hall–Kier alpha value is -1.08. The Labute approximate surface area is 111 Å². The maximum absolute atomic E-state index is 10.8. The molecule has 1 unspecified atom stereocenters. The molecular formula is C17H24O. The van der Waals surface area contributed by atoms with Crippen LogP contribution in [0.1, 0.15) is 57.3 Å². The lowest BCUT2D eigenvalue weighted by Gasteiger charge is -2.37. The molecule has 1 aliphatic carbocycles. The second-order valence-electron chi connectivity index (χ2n) is 6.19. The monoisotopic (exact) mass is 244 g/mol. The molecule has 0 radical (unpaired) electrons. The summed E-state index contributed by atoms with van der Waals surface area (Å²) in [7, 11) is 0. The normalized spacial score (nSPS) is 20.9. The highest BCUT2D eigenvalue weighted by Crippen LogP contribution is 2.46. The van der Waals surface area contributed by atoms with Crippen molar-refractivity contribution in [3.05, 3.63) is 46.5 Å². The van der Waals surface area contributed by atoms with Gasteiger partial charge in [-0.1, -0.05) is 43.7 Å². The summed E-state index contributed by atoms with van der Waals surface area (Å²) in [5, 5.41) is 10.8. The zero-order chi connectivity index (χ0) is 13.3. The summed E-state index contributed by atoms with van der Waals surface area (Å²) < 4.78 is 0. The molecule has 0 amide bonds. The maximum Gasteiger partial charge on any atom is 0.101 e. The molecule has 1 aromatic rings. The molecule has 0 spiro atoms.